The molecule has 0 heterocycles. The van der Waals surface area contributed by atoms with Crippen LogP contribution < -0.4 is 0 Å². The Morgan fingerprint density at radius 2 is 1.55 bits per heavy atom. The third kappa shape index (κ3) is 2.77. The zero-order chi connectivity index (χ0) is 14.1. The van der Waals surface area contributed by atoms with Gasteiger partial charge in [-0.25, -0.2) is 0 Å². The molecule has 0 aliphatic heterocycles. The molecule has 20 heavy (non-hydrogen) atoms. The Kier molecular flexibility index (Phi) is 4.40. The van der Waals surface area contributed by atoms with Gasteiger partial charge in [-0.3, -0.25) is 0 Å². The monoisotopic (exact) mass is 368 g/mol. The molecule has 0 fully saturated rings. The van der Waals surface area contributed by atoms with Crippen molar-refractivity contribution in [3.8, 4) is 0 Å². The van der Waals surface area contributed by atoms with E-state index < -0.39 is 0 Å². The molecule has 2 aromatic carbocycles. The topological polar surface area (TPSA) is 0 Å². The number of hydrogen-bond acceptors (Lipinski definition) is 0. The van der Waals surface area contributed by atoms with Crippen LogP contribution in [0.4, 0.5) is 0 Å². The van der Waals surface area contributed by atoms with Gasteiger partial charge in [0.15, 0.2) is 0 Å². The molecule has 1 unspecified atom stereocenters. The van der Waals surface area contributed by atoms with E-state index in [-0.39, 0.29) is 4.83 Å². The van der Waals surface area contributed by atoms with Crippen molar-refractivity contribution in [2.24, 2.45) is 0 Å². The first-order valence-corrected chi connectivity index (χ1v) is 8.53. The Morgan fingerprint density at radius 3 is 2.25 bits per heavy atom. The second-order valence-corrected chi connectivity index (χ2v) is 6.96. The van der Waals surface area contributed by atoms with Gasteiger partial charge in [0.25, 0.3) is 0 Å². The highest BCUT2D eigenvalue weighted by atomic mass is 79.9. The molecule has 0 spiro atoms. The van der Waals surface area contributed by atoms with Crippen LogP contribution in [0.1, 0.15) is 39.9 Å². The Bertz CT molecular complexity index is 617. The van der Waals surface area contributed by atoms with Gasteiger partial charge in [0.05, 0.1) is 4.83 Å². The van der Waals surface area contributed by atoms with Gasteiger partial charge in [-0.15, -0.1) is 0 Å². The molecule has 2 aromatic rings. The predicted octanol–water partition coefficient (Wildman–Crippen LogP) is 6.36. The molecule has 0 aromatic heterocycles. The van der Waals surface area contributed by atoms with Crippen LogP contribution in [0.5, 0.6) is 0 Å². The van der Waals surface area contributed by atoms with Gasteiger partial charge in [-0.2, -0.15) is 0 Å². The summed E-state index contributed by atoms with van der Waals surface area (Å²) in [5.41, 5.74) is 5.14. The summed E-state index contributed by atoms with van der Waals surface area (Å²) < 4.78 is 0. The maximum absolute atomic E-state index is 6.30. The zero-order valence-electron chi connectivity index (χ0n) is 11.0. The van der Waals surface area contributed by atoms with Gasteiger partial charge in [0.2, 0.25) is 0 Å². The molecule has 0 saturated heterocycles. The molecule has 0 N–H and O–H groups in total. The van der Waals surface area contributed by atoms with Crippen LogP contribution in [0.25, 0.3) is 0 Å². The highest BCUT2D eigenvalue weighted by Gasteiger charge is 2.19. The van der Waals surface area contributed by atoms with E-state index in [9.17, 15) is 0 Å². The first-order chi connectivity index (χ1) is 9.66. The van der Waals surface area contributed by atoms with Crippen LogP contribution in [0.2, 0.25) is 10.0 Å². The van der Waals surface area contributed by atoms with Gasteiger partial charge < -0.3 is 0 Å². The molecule has 3 rings (SSSR count). The second-order valence-electron chi connectivity index (χ2n) is 5.23. The average Bonchev–Trinajstić information content (AvgIpc) is 2.46. The second kappa shape index (κ2) is 6.09. The van der Waals surface area contributed by atoms with Crippen LogP contribution in [0.15, 0.2) is 36.4 Å². The smallest absolute Gasteiger partial charge is 0.0674 e. The molecule has 0 nitrogen and oxygen atoms in total. The number of alkyl halides is 1. The number of aryl methyl sites for hydroxylation is 2. The van der Waals surface area contributed by atoms with Crippen molar-refractivity contribution in [1.29, 1.82) is 0 Å². The SMILES string of the molecule is Clc1cccc(Cl)c1C(Br)c1ccc2c(c1)CCCC2. The van der Waals surface area contributed by atoms with E-state index in [1.165, 1.54) is 42.4 Å². The summed E-state index contributed by atoms with van der Waals surface area (Å²) in [6.45, 7) is 0. The quantitative estimate of drug-likeness (QED) is 0.540. The van der Waals surface area contributed by atoms with Gasteiger partial charge in [-0.1, -0.05) is 63.4 Å². The van der Waals surface area contributed by atoms with Gasteiger partial charge in [0.1, 0.15) is 0 Å². The minimum Gasteiger partial charge on any atom is -0.0839 e. The third-order valence-electron chi connectivity index (χ3n) is 3.92. The fourth-order valence-electron chi connectivity index (χ4n) is 2.83. The number of fused-ring (bicyclic) bond motifs is 1. The van der Waals surface area contributed by atoms with Gasteiger partial charge in [-0.05, 0) is 54.5 Å². The maximum Gasteiger partial charge on any atom is 0.0674 e. The van der Waals surface area contributed by atoms with Crippen LogP contribution in [-0.4, -0.2) is 0 Å². The maximum atomic E-state index is 6.30. The van der Waals surface area contributed by atoms with E-state index in [1.54, 1.807) is 0 Å². The van der Waals surface area contributed by atoms with Crippen molar-refractivity contribution < 1.29 is 0 Å². The summed E-state index contributed by atoms with van der Waals surface area (Å²) in [4.78, 5) is 0.0379. The Balaban J connectivity index is 2.00. The fraction of sp³-hybridized carbons (Fsp3) is 0.294. The lowest BCUT2D eigenvalue weighted by molar-refractivity contribution is 0.684. The van der Waals surface area contributed by atoms with Crippen molar-refractivity contribution in [2.75, 3.05) is 0 Å². The van der Waals surface area contributed by atoms with Gasteiger partial charge in [0, 0.05) is 15.6 Å². The molecule has 0 radical (unpaired) electrons. The summed E-state index contributed by atoms with van der Waals surface area (Å²) >= 11 is 16.4. The molecule has 1 aliphatic carbocycles. The Morgan fingerprint density at radius 1 is 0.900 bits per heavy atom. The molecular formula is C17H15BrCl2. The number of rotatable bonds is 2. The Hall–Kier alpha value is -0.500. The highest BCUT2D eigenvalue weighted by Crippen LogP contribution is 2.40. The molecular weight excluding hydrogens is 355 g/mol. The summed E-state index contributed by atoms with van der Waals surface area (Å²) in [5.74, 6) is 0. The van der Waals surface area contributed by atoms with Crippen molar-refractivity contribution >= 4 is 39.1 Å². The highest BCUT2D eigenvalue weighted by molar-refractivity contribution is 9.09. The van der Waals surface area contributed by atoms with Gasteiger partial charge >= 0.3 is 0 Å². The lowest BCUT2D eigenvalue weighted by Crippen LogP contribution is -2.04. The van der Waals surface area contributed by atoms with E-state index in [0.717, 1.165) is 5.56 Å². The van der Waals surface area contributed by atoms with Crippen molar-refractivity contribution in [3.05, 3.63) is 68.7 Å². The molecule has 1 atom stereocenters. The molecule has 0 amide bonds. The van der Waals surface area contributed by atoms with E-state index in [1.807, 2.05) is 18.2 Å². The number of benzene rings is 2. The molecule has 104 valence electrons. The van der Waals surface area contributed by atoms with Crippen LogP contribution in [0.3, 0.4) is 0 Å². The third-order valence-corrected chi connectivity index (χ3v) is 5.56. The summed E-state index contributed by atoms with van der Waals surface area (Å²) in [5, 5.41) is 1.41. The lowest BCUT2D eigenvalue weighted by atomic mass is 9.89. The number of hydrogen-bond donors (Lipinski definition) is 0. The van der Waals surface area contributed by atoms with Crippen LogP contribution in [-0.2, 0) is 12.8 Å². The van der Waals surface area contributed by atoms with Crippen molar-refractivity contribution in [2.45, 2.75) is 30.5 Å². The van der Waals surface area contributed by atoms with Crippen molar-refractivity contribution in [1.82, 2.24) is 0 Å². The van der Waals surface area contributed by atoms with Crippen LogP contribution in [0, 0.1) is 0 Å². The lowest BCUT2D eigenvalue weighted by Gasteiger charge is -2.20. The summed E-state index contributed by atoms with van der Waals surface area (Å²) in [6.07, 6.45) is 4.98. The van der Waals surface area contributed by atoms with E-state index in [0.29, 0.717) is 10.0 Å². The normalized spacial score (nSPS) is 15.8. The Labute approximate surface area is 138 Å². The number of halogens is 3. The molecule has 0 bridgehead atoms. The largest absolute Gasteiger partial charge is 0.0839 e. The average molecular weight is 370 g/mol. The zero-order valence-corrected chi connectivity index (χ0v) is 14.1. The predicted molar refractivity (Wildman–Crippen MR) is 90.3 cm³/mol. The standard InChI is InChI=1S/C17H15BrCl2/c18-17(16-14(19)6-3-7-15(16)20)13-9-8-11-4-1-2-5-12(11)10-13/h3,6-10,17H,1-2,4-5H2. The molecule has 3 heteroatoms. The minimum absolute atomic E-state index is 0.0379. The molecule has 0 saturated carbocycles. The first-order valence-electron chi connectivity index (χ1n) is 6.86. The summed E-state index contributed by atoms with van der Waals surface area (Å²) in [7, 11) is 0. The van der Waals surface area contributed by atoms with E-state index in [2.05, 4.69) is 34.1 Å². The summed E-state index contributed by atoms with van der Waals surface area (Å²) in [6, 6.07) is 12.4. The van der Waals surface area contributed by atoms with Crippen LogP contribution >= 0.6 is 39.1 Å². The minimum atomic E-state index is 0.0379. The molecule has 1 aliphatic rings. The van der Waals surface area contributed by atoms with Crippen molar-refractivity contribution in [3.63, 3.8) is 0 Å². The van der Waals surface area contributed by atoms with E-state index >= 15 is 0 Å². The first kappa shape index (κ1) is 14.4. The fourth-order valence-corrected chi connectivity index (χ4v) is 4.49. The van der Waals surface area contributed by atoms with E-state index in [4.69, 9.17) is 23.2 Å².